The van der Waals surface area contributed by atoms with E-state index in [1.165, 1.54) is 21.8 Å². The molecule has 0 radical (unpaired) electrons. The standard InChI is InChI=1S/C27H36N4O/c1-17(2)31-23-13-9-8-12-22(23)25-19(4)26(18(3)15-24(25)31)28-27(32)21-11-10-14-30(16-21)20(5)29(6)7/h8-9,12-13,15,17,21H,5,10-11,14,16H2,1-4,6-7H3,(H,28,32). The molecule has 2 heterocycles. The van der Waals surface area contributed by atoms with Crippen LogP contribution in [-0.4, -0.2) is 47.5 Å². The van der Waals surface area contributed by atoms with Crippen LogP contribution in [0.15, 0.2) is 42.7 Å². The van der Waals surface area contributed by atoms with Crippen molar-refractivity contribution in [3.63, 3.8) is 0 Å². The molecule has 0 bridgehead atoms. The molecule has 4 rings (SSSR count). The van der Waals surface area contributed by atoms with Crippen molar-refractivity contribution in [1.29, 1.82) is 0 Å². The topological polar surface area (TPSA) is 40.5 Å². The van der Waals surface area contributed by atoms with E-state index in [4.69, 9.17) is 0 Å². The van der Waals surface area contributed by atoms with Gasteiger partial charge in [0.1, 0.15) is 0 Å². The van der Waals surface area contributed by atoms with E-state index in [1.807, 2.05) is 19.0 Å². The molecule has 0 saturated carbocycles. The van der Waals surface area contributed by atoms with Gasteiger partial charge in [-0.3, -0.25) is 4.79 Å². The molecule has 3 aromatic rings. The van der Waals surface area contributed by atoms with Crippen molar-refractivity contribution in [1.82, 2.24) is 14.4 Å². The van der Waals surface area contributed by atoms with Crippen molar-refractivity contribution in [3.8, 4) is 0 Å². The highest BCUT2D eigenvalue weighted by atomic mass is 16.1. The molecule has 1 aliphatic heterocycles. The number of aromatic nitrogens is 1. The van der Waals surface area contributed by atoms with E-state index in [-0.39, 0.29) is 11.8 Å². The van der Waals surface area contributed by atoms with Gasteiger partial charge < -0.3 is 19.7 Å². The number of fused-ring (bicyclic) bond motifs is 3. The molecule has 1 amide bonds. The van der Waals surface area contributed by atoms with Crippen LogP contribution < -0.4 is 5.32 Å². The van der Waals surface area contributed by atoms with E-state index in [0.29, 0.717) is 6.04 Å². The molecule has 32 heavy (non-hydrogen) atoms. The maximum Gasteiger partial charge on any atom is 0.229 e. The fourth-order valence-corrected chi connectivity index (χ4v) is 5.20. The number of amides is 1. The van der Waals surface area contributed by atoms with Crippen molar-refractivity contribution in [2.75, 3.05) is 32.5 Å². The molecule has 1 atom stereocenters. The highest BCUT2D eigenvalue weighted by molar-refractivity contribution is 6.12. The molecular weight excluding hydrogens is 396 g/mol. The Balaban J connectivity index is 1.70. The van der Waals surface area contributed by atoms with Crippen LogP contribution in [0.5, 0.6) is 0 Å². The Bertz CT molecular complexity index is 1190. The van der Waals surface area contributed by atoms with Gasteiger partial charge in [-0.15, -0.1) is 0 Å². The minimum atomic E-state index is -0.0352. The molecule has 1 aliphatic rings. The lowest BCUT2D eigenvalue weighted by molar-refractivity contribution is -0.121. The summed E-state index contributed by atoms with van der Waals surface area (Å²) in [5.41, 5.74) is 5.69. The average molecular weight is 433 g/mol. The summed E-state index contributed by atoms with van der Waals surface area (Å²) >= 11 is 0. The van der Waals surface area contributed by atoms with Gasteiger partial charge in [-0.2, -0.15) is 0 Å². The Kier molecular flexibility index (Phi) is 5.93. The fraction of sp³-hybridized carbons (Fsp3) is 0.444. The van der Waals surface area contributed by atoms with Crippen LogP contribution in [0.3, 0.4) is 0 Å². The molecule has 0 aliphatic carbocycles. The predicted molar refractivity (Wildman–Crippen MR) is 135 cm³/mol. The Morgan fingerprint density at radius 1 is 1.19 bits per heavy atom. The molecule has 170 valence electrons. The second-order valence-corrected chi connectivity index (χ2v) is 9.65. The smallest absolute Gasteiger partial charge is 0.229 e. The highest BCUT2D eigenvalue weighted by Crippen LogP contribution is 2.38. The molecule has 1 unspecified atom stereocenters. The zero-order chi connectivity index (χ0) is 23.2. The van der Waals surface area contributed by atoms with Crippen LogP contribution in [-0.2, 0) is 4.79 Å². The third-order valence-corrected chi connectivity index (χ3v) is 6.88. The molecule has 0 spiro atoms. The number of hydrogen-bond donors (Lipinski definition) is 1. The van der Waals surface area contributed by atoms with Gasteiger partial charge in [-0.1, -0.05) is 24.8 Å². The quantitative estimate of drug-likeness (QED) is 0.564. The van der Waals surface area contributed by atoms with Gasteiger partial charge in [0.15, 0.2) is 0 Å². The number of nitrogens with one attached hydrogen (secondary N) is 1. The van der Waals surface area contributed by atoms with E-state index in [1.54, 1.807) is 0 Å². The summed E-state index contributed by atoms with van der Waals surface area (Å²) < 4.78 is 2.40. The summed E-state index contributed by atoms with van der Waals surface area (Å²) in [4.78, 5) is 17.6. The zero-order valence-electron chi connectivity index (χ0n) is 20.3. The third kappa shape index (κ3) is 3.74. The van der Waals surface area contributed by atoms with E-state index in [0.717, 1.165) is 48.6 Å². The summed E-state index contributed by atoms with van der Waals surface area (Å²) in [5, 5.41) is 5.80. The van der Waals surface area contributed by atoms with E-state index in [9.17, 15) is 4.79 Å². The Labute approximate surface area is 191 Å². The summed E-state index contributed by atoms with van der Waals surface area (Å²) in [5.74, 6) is 1.05. The lowest BCUT2D eigenvalue weighted by atomic mass is 9.96. The Hall–Kier alpha value is -2.95. The Morgan fingerprint density at radius 3 is 2.59 bits per heavy atom. The normalized spacial score (nSPS) is 16.7. The second kappa shape index (κ2) is 8.53. The monoisotopic (exact) mass is 432 g/mol. The van der Waals surface area contributed by atoms with Crippen molar-refractivity contribution < 1.29 is 4.79 Å². The largest absolute Gasteiger partial charge is 0.365 e. The third-order valence-electron chi connectivity index (χ3n) is 6.88. The van der Waals surface area contributed by atoms with Crippen LogP contribution in [0, 0.1) is 19.8 Å². The number of anilines is 1. The van der Waals surface area contributed by atoms with Crippen LogP contribution >= 0.6 is 0 Å². The summed E-state index contributed by atoms with van der Waals surface area (Å²) in [6.45, 7) is 14.6. The highest BCUT2D eigenvalue weighted by Gasteiger charge is 2.28. The van der Waals surface area contributed by atoms with Crippen molar-refractivity contribution in [2.45, 2.75) is 46.6 Å². The first-order valence-electron chi connectivity index (χ1n) is 11.7. The first-order chi connectivity index (χ1) is 15.2. The average Bonchev–Trinajstić information content (AvgIpc) is 3.10. The van der Waals surface area contributed by atoms with Crippen LogP contribution in [0.25, 0.3) is 21.8 Å². The number of piperidine rings is 1. The summed E-state index contributed by atoms with van der Waals surface area (Å²) in [7, 11) is 4.00. The summed E-state index contributed by atoms with van der Waals surface area (Å²) in [6.07, 6.45) is 1.92. The van der Waals surface area contributed by atoms with Gasteiger partial charge in [0, 0.05) is 55.2 Å². The first-order valence-corrected chi connectivity index (χ1v) is 11.7. The van der Waals surface area contributed by atoms with E-state index < -0.39 is 0 Å². The number of rotatable bonds is 5. The van der Waals surface area contributed by atoms with Gasteiger partial charge in [0.2, 0.25) is 5.91 Å². The van der Waals surface area contributed by atoms with Crippen molar-refractivity contribution in [2.24, 2.45) is 5.92 Å². The number of hydrogen-bond acceptors (Lipinski definition) is 3. The number of benzene rings is 2. The van der Waals surface area contributed by atoms with Gasteiger partial charge in [0.25, 0.3) is 0 Å². The van der Waals surface area contributed by atoms with Crippen LogP contribution in [0.2, 0.25) is 0 Å². The molecule has 5 nitrogen and oxygen atoms in total. The van der Waals surface area contributed by atoms with Gasteiger partial charge in [-0.25, -0.2) is 0 Å². The molecule has 1 N–H and O–H groups in total. The maximum atomic E-state index is 13.3. The fourth-order valence-electron chi connectivity index (χ4n) is 5.20. The number of likely N-dealkylation sites (tertiary alicyclic amines) is 1. The number of aryl methyl sites for hydroxylation is 2. The number of carbonyl (C=O) groups is 1. The maximum absolute atomic E-state index is 13.3. The van der Waals surface area contributed by atoms with Crippen molar-refractivity contribution >= 4 is 33.4 Å². The summed E-state index contributed by atoms with van der Waals surface area (Å²) in [6, 6.07) is 11.2. The Morgan fingerprint density at radius 2 is 1.91 bits per heavy atom. The molecule has 1 aromatic heterocycles. The van der Waals surface area contributed by atoms with Crippen LogP contribution in [0.4, 0.5) is 5.69 Å². The van der Waals surface area contributed by atoms with E-state index in [2.05, 4.69) is 79.4 Å². The number of para-hydroxylation sites is 1. The molecular formula is C27H36N4O. The second-order valence-electron chi connectivity index (χ2n) is 9.65. The zero-order valence-corrected chi connectivity index (χ0v) is 20.3. The molecule has 5 heteroatoms. The van der Waals surface area contributed by atoms with Gasteiger partial charge in [-0.05, 0) is 63.8 Å². The SMILES string of the molecule is C=C(N(C)C)N1CCCC(C(=O)Nc2c(C)cc3c(c2C)c2ccccc2n3C(C)C)C1. The van der Waals surface area contributed by atoms with Crippen LogP contribution in [0.1, 0.15) is 43.9 Å². The van der Waals surface area contributed by atoms with Crippen molar-refractivity contribution in [3.05, 3.63) is 53.9 Å². The molecule has 1 fully saturated rings. The minimum Gasteiger partial charge on any atom is -0.365 e. The lowest BCUT2D eigenvalue weighted by Crippen LogP contribution is -2.42. The lowest BCUT2D eigenvalue weighted by Gasteiger charge is -2.37. The van der Waals surface area contributed by atoms with E-state index >= 15 is 0 Å². The molecule has 1 saturated heterocycles. The van der Waals surface area contributed by atoms with Gasteiger partial charge in [0.05, 0.1) is 17.3 Å². The number of carbonyl (C=O) groups excluding carboxylic acids is 1. The predicted octanol–water partition coefficient (Wildman–Crippen LogP) is 5.68. The van der Waals surface area contributed by atoms with Gasteiger partial charge >= 0.3 is 0 Å². The first kappa shape index (κ1) is 22.3. The molecule has 2 aromatic carbocycles. The minimum absolute atomic E-state index is 0.0352. The number of nitrogens with zero attached hydrogens (tertiary/aromatic N) is 3.